The van der Waals surface area contributed by atoms with E-state index in [1.165, 1.54) is 12.1 Å². The van der Waals surface area contributed by atoms with E-state index in [0.717, 1.165) is 32.0 Å². The number of aromatic amines is 1. The van der Waals surface area contributed by atoms with Gasteiger partial charge in [0, 0.05) is 20.7 Å². The van der Waals surface area contributed by atoms with Crippen molar-refractivity contribution in [3.05, 3.63) is 66.5 Å². The molecule has 0 unspecified atom stereocenters. The summed E-state index contributed by atoms with van der Waals surface area (Å²) >= 11 is 1.59. The zero-order chi connectivity index (χ0) is 20.4. The van der Waals surface area contributed by atoms with Gasteiger partial charge in [0.1, 0.15) is 5.82 Å². The topological polar surface area (TPSA) is 43.5 Å². The molecule has 0 radical (unpaired) electrons. The Morgan fingerprint density at radius 2 is 1.48 bits per heavy atom. The van der Waals surface area contributed by atoms with Crippen LogP contribution in [0.3, 0.4) is 0 Å². The van der Waals surface area contributed by atoms with Crippen LogP contribution in [-0.4, -0.2) is 26.3 Å². The minimum absolute atomic E-state index is 0.260. The molecule has 0 spiro atoms. The van der Waals surface area contributed by atoms with Gasteiger partial charge in [0.05, 0.1) is 27.0 Å². The van der Waals surface area contributed by atoms with Gasteiger partial charge in [-0.25, -0.2) is 4.39 Å². The van der Waals surface area contributed by atoms with Crippen LogP contribution in [0.5, 0.6) is 17.2 Å². The molecule has 1 aromatic heterocycles. The molecule has 1 N–H and O–H groups in total. The molecule has 148 valence electrons. The number of nitrogens with one attached hydrogen (secondary N) is 1. The van der Waals surface area contributed by atoms with Crippen LogP contribution >= 0.6 is 11.8 Å². The maximum Gasteiger partial charge on any atom is 0.203 e. The third-order valence-electron chi connectivity index (χ3n) is 4.65. The van der Waals surface area contributed by atoms with Crippen LogP contribution in [0.15, 0.2) is 70.5 Å². The number of para-hydroxylation sites is 1. The largest absolute Gasteiger partial charge is 0.493 e. The van der Waals surface area contributed by atoms with Gasteiger partial charge in [0.15, 0.2) is 11.5 Å². The van der Waals surface area contributed by atoms with E-state index in [0.29, 0.717) is 17.2 Å². The highest BCUT2D eigenvalue weighted by molar-refractivity contribution is 7.99. The number of halogens is 1. The van der Waals surface area contributed by atoms with Crippen LogP contribution in [0.4, 0.5) is 4.39 Å². The standard InChI is InChI=1S/C23H20FNO3S/c1-26-19-12-16(13-20(27-2)22(19)28-3)29-23-17-6-4-5-7-18(17)25-21(23)14-8-10-15(24)11-9-14/h4-13,25H,1-3H3. The quantitative estimate of drug-likeness (QED) is 0.415. The summed E-state index contributed by atoms with van der Waals surface area (Å²) < 4.78 is 29.8. The Morgan fingerprint density at radius 1 is 0.828 bits per heavy atom. The Bertz CT molecular complexity index is 1130. The van der Waals surface area contributed by atoms with Gasteiger partial charge in [-0.15, -0.1) is 0 Å². The highest BCUT2D eigenvalue weighted by atomic mass is 32.2. The summed E-state index contributed by atoms with van der Waals surface area (Å²) in [5.41, 5.74) is 2.87. The van der Waals surface area contributed by atoms with Crippen LogP contribution in [0.25, 0.3) is 22.2 Å². The molecule has 4 nitrogen and oxygen atoms in total. The molecule has 0 saturated heterocycles. The maximum atomic E-state index is 13.4. The molecule has 0 atom stereocenters. The predicted octanol–water partition coefficient (Wildman–Crippen LogP) is 6.15. The first-order chi connectivity index (χ1) is 14.1. The lowest BCUT2D eigenvalue weighted by Gasteiger charge is -2.14. The first kappa shape index (κ1) is 19.2. The van der Waals surface area contributed by atoms with E-state index >= 15 is 0 Å². The number of hydrogen-bond acceptors (Lipinski definition) is 4. The van der Waals surface area contributed by atoms with Gasteiger partial charge in [0.25, 0.3) is 0 Å². The van der Waals surface area contributed by atoms with E-state index in [4.69, 9.17) is 14.2 Å². The number of H-pyrrole nitrogens is 1. The van der Waals surface area contributed by atoms with E-state index in [-0.39, 0.29) is 5.82 Å². The summed E-state index contributed by atoms with van der Waals surface area (Å²) in [7, 11) is 4.78. The average molecular weight is 409 g/mol. The van der Waals surface area contributed by atoms with Crippen molar-refractivity contribution in [2.75, 3.05) is 21.3 Å². The average Bonchev–Trinajstić information content (AvgIpc) is 3.12. The molecule has 0 amide bonds. The zero-order valence-corrected chi connectivity index (χ0v) is 17.1. The van der Waals surface area contributed by atoms with Crippen LogP contribution in [-0.2, 0) is 0 Å². The molecule has 29 heavy (non-hydrogen) atoms. The van der Waals surface area contributed by atoms with Gasteiger partial charge in [-0.2, -0.15) is 0 Å². The van der Waals surface area contributed by atoms with Crippen LogP contribution in [0, 0.1) is 5.82 Å². The lowest BCUT2D eigenvalue weighted by molar-refractivity contribution is 0.323. The van der Waals surface area contributed by atoms with Crippen molar-refractivity contribution in [3.8, 4) is 28.5 Å². The summed E-state index contributed by atoms with van der Waals surface area (Å²) in [6, 6.07) is 18.4. The number of hydrogen-bond donors (Lipinski definition) is 1. The Kier molecular flexibility index (Phi) is 5.36. The summed E-state index contributed by atoms with van der Waals surface area (Å²) in [5.74, 6) is 1.48. The van der Waals surface area contributed by atoms with Gasteiger partial charge in [-0.05, 0) is 48.0 Å². The summed E-state index contributed by atoms with van der Waals surface area (Å²) in [6.45, 7) is 0. The second kappa shape index (κ2) is 8.09. The molecule has 3 aromatic carbocycles. The Hall–Kier alpha value is -3.12. The Morgan fingerprint density at radius 3 is 2.10 bits per heavy atom. The Balaban J connectivity index is 1.86. The SMILES string of the molecule is COc1cc(Sc2c(-c3ccc(F)cc3)[nH]c3ccccc23)cc(OC)c1OC. The normalized spacial score (nSPS) is 10.9. The third-order valence-corrected chi connectivity index (χ3v) is 5.75. The van der Waals surface area contributed by atoms with Crippen molar-refractivity contribution in [2.24, 2.45) is 0 Å². The van der Waals surface area contributed by atoms with Gasteiger partial charge >= 0.3 is 0 Å². The number of ether oxygens (including phenoxy) is 3. The smallest absolute Gasteiger partial charge is 0.203 e. The summed E-state index contributed by atoms with van der Waals surface area (Å²) in [5, 5.41) is 1.09. The monoisotopic (exact) mass is 409 g/mol. The van der Waals surface area contributed by atoms with E-state index in [2.05, 4.69) is 11.1 Å². The molecule has 1 heterocycles. The lowest BCUT2D eigenvalue weighted by Crippen LogP contribution is -1.95. The van der Waals surface area contributed by atoms with Crippen LogP contribution in [0.2, 0.25) is 0 Å². The molecule has 4 rings (SSSR count). The molecular formula is C23H20FNO3S. The second-order valence-electron chi connectivity index (χ2n) is 6.34. The number of aromatic nitrogens is 1. The molecule has 4 aromatic rings. The predicted molar refractivity (Wildman–Crippen MR) is 114 cm³/mol. The van der Waals surface area contributed by atoms with Gasteiger partial charge in [-0.3, -0.25) is 0 Å². The maximum absolute atomic E-state index is 13.4. The summed E-state index contributed by atoms with van der Waals surface area (Å²) in [4.78, 5) is 5.45. The van der Waals surface area contributed by atoms with E-state index < -0.39 is 0 Å². The fraction of sp³-hybridized carbons (Fsp3) is 0.130. The molecule has 6 heteroatoms. The Labute approximate surface area is 172 Å². The molecule has 0 bridgehead atoms. The highest BCUT2D eigenvalue weighted by Gasteiger charge is 2.18. The minimum atomic E-state index is -0.260. The van der Waals surface area contributed by atoms with Crippen LogP contribution in [0.1, 0.15) is 0 Å². The second-order valence-corrected chi connectivity index (χ2v) is 7.43. The molecule has 0 fully saturated rings. The van der Waals surface area contributed by atoms with Crippen molar-refractivity contribution in [1.82, 2.24) is 4.98 Å². The van der Waals surface area contributed by atoms with Crippen molar-refractivity contribution in [1.29, 1.82) is 0 Å². The van der Waals surface area contributed by atoms with Crippen molar-refractivity contribution < 1.29 is 18.6 Å². The summed E-state index contributed by atoms with van der Waals surface area (Å²) in [6.07, 6.45) is 0. The first-order valence-electron chi connectivity index (χ1n) is 8.99. The van der Waals surface area contributed by atoms with Gasteiger partial charge in [-0.1, -0.05) is 30.0 Å². The number of fused-ring (bicyclic) bond motifs is 1. The van der Waals surface area contributed by atoms with Gasteiger partial charge < -0.3 is 19.2 Å². The first-order valence-corrected chi connectivity index (χ1v) is 9.80. The zero-order valence-electron chi connectivity index (χ0n) is 16.3. The highest BCUT2D eigenvalue weighted by Crippen LogP contribution is 2.46. The van der Waals surface area contributed by atoms with Crippen molar-refractivity contribution in [3.63, 3.8) is 0 Å². The molecule has 0 aliphatic carbocycles. The lowest BCUT2D eigenvalue weighted by atomic mass is 10.1. The fourth-order valence-electron chi connectivity index (χ4n) is 3.28. The van der Waals surface area contributed by atoms with Gasteiger partial charge in [0.2, 0.25) is 5.75 Å². The number of rotatable bonds is 6. The van der Waals surface area contributed by atoms with Crippen LogP contribution < -0.4 is 14.2 Å². The molecule has 0 aliphatic rings. The van der Waals surface area contributed by atoms with Crippen molar-refractivity contribution >= 4 is 22.7 Å². The van der Waals surface area contributed by atoms with E-state index in [9.17, 15) is 4.39 Å². The molecule has 0 aliphatic heterocycles. The number of methoxy groups -OCH3 is 3. The minimum Gasteiger partial charge on any atom is -0.493 e. The van der Waals surface area contributed by atoms with Crippen molar-refractivity contribution in [2.45, 2.75) is 9.79 Å². The van der Waals surface area contributed by atoms with E-state index in [1.807, 2.05) is 30.3 Å². The molecular weight excluding hydrogens is 389 g/mol. The number of benzene rings is 3. The fourth-order valence-corrected chi connectivity index (χ4v) is 4.40. The molecule has 0 saturated carbocycles. The third kappa shape index (κ3) is 3.63. The van der Waals surface area contributed by atoms with E-state index in [1.54, 1.807) is 45.2 Å².